The molecule has 4 aromatic rings. The minimum absolute atomic E-state index is 0.111. The highest BCUT2D eigenvalue weighted by atomic mass is 35.5. The van der Waals surface area contributed by atoms with Crippen LogP contribution in [0.3, 0.4) is 0 Å². The number of thioether (sulfide) groups is 1. The van der Waals surface area contributed by atoms with E-state index >= 15 is 0 Å². The lowest BCUT2D eigenvalue weighted by molar-refractivity contribution is -0.113. The molecule has 0 atom stereocenters. The van der Waals surface area contributed by atoms with E-state index in [1.165, 1.54) is 23.1 Å². The molecule has 0 saturated heterocycles. The largest absolute Gasteiger partial charge is 0.325 e. The molecular weight excluding hydrogens is 450 g/mol. The molecule has 0 fully saturated rings. The fourth-order valence-corrected chi connectivity index (χ4v) is 5.29. The van der Waals surface area contributed by atoms with Gasteiger partial charge >= 0.3 is 0 Å². The second-order valence-electron chi connectivity index (χ2n) is 7.08. The van der Waals surface area contributed by atoms with Crippen molar-refractivity contribution in [3.8, 4) is 5.69 Å². The van der Waals surface area contributed by atoms with Crippen LogP contribution < -0.4 is 10.9 Å². The number of aromatic nitrogens is 2. The number of fused-ring (bicyclic) bond motifs is 1. The van der Waals surface area contributed by atoms with Gasteiger partial charge in [-0.3, -0.25) is 14.2 Å². The maximum atomic E-state index is 13.4. The highest BCUT2D eigenvalue weighted by Gasteiger charge is 2.19. The Balaban J connectivity index is 1.69. The maximum Gasteiger partial charge on any atom is 0.267 e. The molecule has 0 saturated carbocycles. The molecule has 5 nitrogen and oxygen atoms in total. The number of rotatable bonds is 5. The first kappa shape index (κ1) is 21.6. The van der Waals surface area contributed by atoms with Gasteiger partial charge < -0.3 is 5.32 Å². The monoisotopic (exact) mass is 469 g/mol. The molecule has 0 unspecified atom stereocenters. The first-order chi connectivity index (χ1) is 14.9. The normalized spacial score (nSPS) is 11.1. The summed E-state index contributed by atoms with van der Waals surface area (Å²) in [7, 11) is 0. The maximum absolute atomic E-state index is 13.4. The molecule has 31 heavy (non-hydrogen) atoms. The van der Waals surface area contributed by atoms with Gasteiger partial charge in [0.1, 0.15) is 4.83 Å². The van der Waals surface area contributed by atoms with E-state index in [1.807, 2.05) is 57.2 Å². The number of hydrogen-bond donors (Lipinski definition) is 1. The van der Waals surface area contributed by atoms with Crippen molar-refractivity contribution in [2.75, 3.05) is 11.1 Å². The molecule has 0 aliphatic carbocycles. The van der Waals surface area contributed by atoms with Crippen LogP contribution in [0, 0.1) is 20.8 Å². The number of nitrogens with zero attached hydrogens (tertiary/aromatic N) is 2. The molecular formula is C23H20ClN3O2S2. The number of benzene rings is 2. The van der Waals surface area contributed by atoms with E-state index in [0.717, 1.165) is 21.7 Å². The molecule has 2 aromatic carbocycles. The SMILES string of the molecule is Cc1sc2nc(SCC(=O)Nc3cccc(Cl)c3C)n(-c3ccccc3)c(=O)c2c1C. The van der Waals surface area contributed by atoms with Gasteiger partial charge in [0.2, 0.25) is 5.91 Å². The van der Waals surface area contributed by atoms with Crippen molar-refractivity contribution in [3.63, 3.8) is 0 Å². The quantitative estimate of drug-likeness (QED) is 0.298. The Morgan fingerprint density at radius 3 is 2.58 bits per heavy atom. The second-order valence-corrected chi connectivity index (χ2v) is 9.64. The summed E-state index contributed by atoms with van der Waals surface area (Å²) in [4.78, 5) is 32.5. The third kappa shape index (κ3) is 4.26. The van der Waals surface area contributed by atoms with Gasteiger partial charge in [0.25, 0.3) is 5.56 Å². The molecule has 0 bridgehead atoms. The lowest BCUT2D eigenvalue weighted by atomic mass is 10.2. The smallest absolute Gasteiger partial charge is 0.267 e. The lowest BCUT2D eigenvalue weighted by Crippen LogP contribution is -2.23. The number of aryl methyl sites for hydroxylation is 2. The molecule has 0 radical (unpaired) electrons. The van der Waals surface area contributed by atoms with Crippen LogP contribution in [0.4, 0.5) is 5.69 Å². The minimum Gasteiger partial charge on any atom is -0.325 e. The van der Waals surface area contributed by atoms with Crippen LogP contribution in [-0.4, -0.2) is 21.2 Å². The third-order valence-electron chi connectivity index (χ3n) is 5.06. The predicted octanol–water partition coefficient (Wildman–Crippen LogP) is 5.76. The van der Waals surface area contributed by atoms with Gasteiger partial charge in [-0.15, -0.1) is 11.3 Å². The number of amides is 1. The van der Waals surface area contributed by atoms with Gasteiger partial charge in [-0.2, -0.15) is 0 Å². The van der Waals surface area contributed by atoms with Crippen LogP contribution in [0.1, 0.15) is 16.0 Å². The Bertz CT molecular complexity index is 1350. The van der Waals surface area contributed by atoms with Gasteiger partial charge in [-0.1, -0.05) is 47.6 Å². The van der Waals surface area contributed by atoms with Gasteiger partial charge in [0.05, 0.1) is 16.8 Å². The number of anilines is 1. The molecule has 4 rings (SSSR count). The Morgan fingerprint density at radius 2 is 1.84 bits per heavy atom. The standard InChI is InChI=1S/C23H20ClN3O2S2/c1-13-15(3)31-21-20(13)22(29)27(16-8-5-4-6-9-16)23(26-21)30-12-19(28)25-18-11-7-10-17(24)14(18)2/h4-11H,12H2,1-3H3,(H,25,28). The number of para-hydroxylation sites is 1. The molecule has 2 heterocycles. The van der Waals surface area contributed by atoms with Crippen LogP contribution in [0.25, 0.3) is 15.9 Å². The fraction of sp³-hybridized carbons (Fsp3) is 0.174. The van der Waals surface area contributed by atoms with Crippen LogP contribution in [-0.2, 0) is 4.79 Å². The zero-order valence-corrected chi connectivity index (χ0v) is 19.6. The Morgan fingerprint density at radius 1 is 1.10 bits per heavy atom. The number of carbonyl (C=O) groups is 1. The average molecular weight is 470 g/mol. The highest BCUT2D eigenvalue weighted by Crippen LogP contribution is 2.30. The molecule has 8 heteroatoms. The fourth-order valence-electron chi connectivity index (χ4n) is 3.24. The second kappa shape index (κ2) is 8.86. The summed E-state index contributed by atoms with van der Waals surface area (Å²) in [5.74, 6) is -0.0806. The summed E-state index contributed by atoms with van der Waals surface area (Å²) >= 11 is 8.88. The first-order valence-electron chi connectivity index (χ1n) is 9.62. The van der Waals surface area contributed by atoms with E-state index in [9.17, 15) is 9.59 Å². The van der Waals surface area contributed by atoms with Crippen molar-refractivity contribution in [2.45, 2.75) is 25.9 Å². The molecule has 0 aliphatic rings. The van der Waals surface area contributed by atoms with Crippen molar-refractivity contribution in [1.82, 2.24) is 9.55 Å². The van der Waals surface area contributed by atoms with Crippen LogP contribution in [0.15, 0.2) is 58.5 Å². The molecule has 158 valence electrons. The number of thiophene rings is 1. The van der Waals surface area contributed by atoms with Crippen molar-refractivity contribution in [1.29, 1.82) is 0 Å². The number of carbonyl (C=O) groups excluding carboxylic acids is 1. The van der Waals surface area contributed by atoms with Crippen molar-refractivity contribution < 1.29 is 4.79 Å². The summed E-state index contributed by atoms with van der Waals surface area (Å²) in [6.07, 6.45) is 0. The zero-order valence-electron chi connectivity index (χ0n) is 17.2. The van der Waals surface area contributed by atoms with Crippen LogP contribution in [0.5, 0.6) is 0 Å². The Kier molecular flexibility index (Phi) is 6.18. The lowest BCUT2D eigenvalue weighted by Gasteiger charge is -2.13. The van der Waals surface area contributed by atoms with Crippen LogP contribution in [0.2, 0.25) is 5.02 Å². The highest BCUT2D eigenvalue weighted by molar-refractivity contribution is 7.99. The van der Waals surface area contributed by atoms with Crippen molar-refractivity contribution >= 4 is 56.5 Å². The van der Waals surface area contributed by atoms with Gasteiger partial charge in [-0.25, -0.2) is 4.98 Å². The first-order valence-corrected chi connectivity index (χ1v) is 11.8. The predicted molar refractivity (Wildman–Crippen MR) is 130 cm³/mol. The van der Waals surface area contributed by atoms with E-state index < -0.39 is 0 Å². The summed E-state index contributed by atoms with van der Waals surface area (Å²) in [5.41, 5.74) is 3.04. The van der Waals surface area contributed by atoms with Crippen molar-refractivity contribution in [3.05, 3.63) is 79.9 Å². The minimum atomic E-state index is -0.192. The van der Waals surface area contributed by atoms with Crippen LogP contribution >= 0.6 is 34.7 Å². The average Bonchev–Trinajstić information content (AvgIpc) is 3.04. The Hall–Kier alpha value is -2.61. The third-order valence-corrected chi connectivity index (χ3v) is 7.51. The van der Waals surface area contributed by atoms with E-state index in [2.05, 4.69) is 5.32 Å². The molecule has 1 amide bonds. The Labute approximate surface area is 193 Å². The summed E-state index contributed by atoms with van der Waals surface area (Å²) in [5, 5.41) is 4.61. The van der Waals surface area contributed by atoms with E-state index in [0.29, 0.717) is 26.1 Å². The number of halogens is 1. The van der Waals surface area contributed by atoms with E-state index in [-0.39, 0.29) is 17.2 Å². The zero-order chi connectivity index (χ0) is 22.1. The van der Waals surface area contributed by atoms with E-state index in [1.54, 1.807) is 16.7 Å². The summed E-state index contributed by atoms with van der Waals surface area (Å²) in [6.45, 7) is 5.79. The summed E-state index contributed by atoms with van der Waals surface area (Å²) in [6, 6.07) is 14.8. The summed E-state index contributed by atoms with van der Waals surface area (Å²) < 4.78 is 1.59. The van der Waals surface area contributed by atoms with Gasteiger partial charge in [0, 0.05) is 15.6 Å². The van der Waals surface area contributed by atoms with Crippen molar-refractivity contribution in [2.24, 2.45) is 0 Å². The topological polar surface area (TPSA) is 64.0 Å². The molecule has 0 spiro atoms. The number of nitrogens with one attached hydrogen (secondary N) is 1. The van der Waals surface area contributed by atoms with E-state index in [4.69, 9.17) is 16.6 Å². The molecule has 0 aliphatic heterocycles. The molecule has 1 N–H and O–H groups in total. The number of hydrogen-bond acceptors (Lipinski definition) is 5. The molecule has 2 aromatic heterocycles. The van der Waals surface area contributed by atoms with Gasteiger partial charge in [0.15, 0.2) is 5.16 Å². The van der Waals surface area contributed by atoms with Gasteiger partial charge in [-0.05, 0) is 56.2 Å².